The lowest BCUT2D eigenvalue weighted by molar-refractivity contribution is -0.140. The minimum absolute atomic E-state index is 0.0149. The molecule has 19 heavy (non-hydrogen) atoms. The highest BCUT2D eigenvalue weighted by atomic mass is 32.2. The van der Waals surface area contributed by atoms with Gasteiger partial charge in [0.1, 0.15) is 0 Å². The molecule has 2 N–H and O–H groups in total. The molecule has 3 atom stereocenters. The molecule has 2 rings (SSSR count). The van der Waals surface area contributed by atoms with Gasteiger partial charge in [-0.3, -0.25) is 4.79 Å². The first-order valence-corrected chi connectivity index (χ1v) is 8.74. The zero-order valence-electron chi connectivity index (χ0n) is 12.2. The highest BCUT2D eigenvalue weighted by molar-refractivity contribution is 7.99. The van der Waals surface area contributed by atoms with Crippen molar-refractivity contribution in [2.75, 3.05) is 18.1 Å². The third kappa shape index (κ3) is 3.53. The molecule has 0 amide bonds. The van der Waals surface area contributed by atoms with Gasteiger partial charge in [0.05, 0.1) is 11.6 Å². The van der Waals surface area contributed by atoms with Gasteiger partial charge < -0.3 is 10.5 Å². The van der Waals surface area contributed by atoms with Crippen LogP contribution in [-0.2, 0) is 9.53 Å². The van der Waals surface area contributed by atoms with E-state index in [1.165, 1.54) is 11.5 Å². The molecule has 1 spiro atoms. The average Bonchev–Trinajstić information content (AvgIpc) is 2.45. The summed E-state index contributed by atoms with van der Waals surface area (Å²) < 4.78 is 6.05. The summed E-state index contributed by atoms with van der Waals surface area (Å²) in [4.78, 5) is 12.5. The van der Waals surface area contributed by atoms with Gasteiger partial charge in [0, 0.05) is 12.5 Å². The summed E-state index contributed by atoms with van der Waals surface area (Å²) in [6, 6.07) is -0.289. The summed E-state index contributed by atoms with van der Waals surface area (Å²) in [5, 5.41) is 0. The predicted octanol–water partition coefficient (Wildman–Crippen LogP) is 2.62. The van der Waals surface area contributed by atoms with Gasteiger partial charge >= 0.3 is 0 Å². The minimum atomic E-state index is -0.289. The summed E-state index contributed by atoms with van der Waals surface area (Å²) in [6.07, 6.45) is 4.92. The van der Waals surface area contributed by atoms with Gasteiger partial charge in [0.25, 0.3) is 0 Å². The second-order valence-electron chi connectivity index (χ2n) is 6.15. The molecule has 2 aliphatic heterocycles. The standard InChI is InChI=1S/C15H27NO2S/c1-3-11(2)13(16)14(17)12-4-7-18-15(10-12)5-8-19-9-6-15/h11-13H,3-10,16H2,1-2H3. The zero-order chi connectivity index (χ0) is 13.9. The van der Waals surface area contributed by atoms with E-state index >= 15 is 0 Å². The smallest absolute Gasteiger partial charge is 0.153 e. The molecule has 3 nitrogen and oxygen atoms in total. The maximum absolute atomic E-state index is 12.5. The van der Waals surface area contributed by atoms with E-state index in [1.54, 1.807) is 0 Å². The van der Waals surface area contributed by atoms with Gasteiger partial charge in [-0.25, -0.2) is 0 Å². The number of hydrogen-bond donors (Lipinski definition) is 1. The number of nitrogens with two attached hydrogens (primary N) is 1. The van der Waals surface area contributed by atoms with E-state index in [4.69, 9.17) is 10.5 Å². The second kappa shape index (κ2) is 6.59. The Labute approximate surface area is 121 Å². The Morgan fingerprint density at radius 3 is 2.79 bits per heavy atom. The first-order chi connectivity index (χ1) is 9.08. The molecule has 2 aliphatic rings. The number of thioether (sulfide) groups is 1. The average molecular weight is 285 g/mol. The SMILES string of the molecule is CCC(C)C(N)C(=O)C1CCOC2(CCSCC2)C1. The molecule has 2 heterocycles. The largest absolute Gasteiger partial charge is 0.375 e. The van der Waals surface area contributed by atoms with Gasteiger partial charge in [-0.05, 0) is 43.1 Å². The maximum Gasteiger partial charge on any atom is 0.153 e. The molecule has 4 heteroatoms. The lowest BCUT2D eigenvalue weighted by Gasteiger charge is -2.43. The van der Waals surface area contributed by atoms with Crippen LogP contribution in [0.3, 0.4) is 0 Å². The minimum Gasteiger partial charge on any atom is -0.375 e. The quantitative estimate of drug-likeness (QED) is 0.862. The number of carbonyl (C=O) groups excluding carboxylic acids is 1. The Balaban J connectivity index is 1.98. The van der Waals surface area contributed by atoms with Gasteiger partial charge in [0.2, 0.25) is 0 Å². The van der Waals surface area contributed by atoms with Crippen LogP contribution in [0.25, 0.3) is 0 Å². The van der Waals surface area contributed by atoms with Crippen molar-refractivity contribution in [1.82, 2.24) is 0 Å². The van der Waals surface area contributed by atoms with Crippen LogP contribution in [-0.4, -0.2) is 35.5 Å². The summed E-state index contributed by atoms with van der Waals surface area (Å²) in [7, 11) is 0. The van der Waals surface area contributed by atoms with E-state index in [1.807, 2.05) is 11.8 Å². The number of Topliss-reactive ketones (excluding diaryl/α,β-unsaturated/α-hetero) is 1. The summed E-state index contributed by atoms with van der Waals surface area (Å²) >= 11 is 2.00. The van der Waals surface area contributed by atoms with Gasteiger partial charge in [0.15, 0.2) is 5.78 Å². The topological polar surface area (TPSA) is 52.3 Å². The molecule has 0 aromatic heterocycles. The van der Waals surface area contributed by atoms with Crippen molar-refractivity contribution in [3.05, 3.63) is 0 Å². The first-order valence-electron chi connectivity index (χ1n) is 7.59. The van der Waals surface area contributed by atoms with Crippen molar-refractivity contribution in [1.29, 1.82) is 0 Å². The summed E-state index contributed by atoms with van der Waals surface area (Å²) in [6.45, 7) is 4.91. The van der Waals surface area contributed by atoms with Crippen LogP contribution in [0.5, 0.6) is 0 Å². The van der Waals surface area contributed by atoms with E-state index in [-0.39, 0.29) is 29.3 Å². The zero-order valence-corrected chi connectivity index (χ0v) is 13.0. The molecule has 0 radical (unpaired) electrons. The highest BCUT2D eigenvalue weighted by Gasteiger charge is 2.42. The lowest BCUT2D eigenvalue weighted by Crippen LogP contribution is -2.48. The third-order valence-corrected chi connectivity index (χ3v) is 5.87. The molecule has 0 aliphatic carbocycles. The number of ether oxygens (including phenoxy) is 1. The van der Waals surface area contributed by atoms with Crippen LogP contribution in [0.2, 0.25) is 0 Å². The van der Waals surface area contributed by atoms with Crippen LogP contribution in [0.15, 0.2) is 0 Å². The molecular weight excluding hydrogens is 258 g/mol. The summed E-state index contributed by atoms with van der Waals surface area (Å²) in [5.41, 5.74) is 6.11. The van der Waals surface area contributed by atoms with Gasteiger partial charge in [-0.1, -0.05) is 20.3 Å². The fourth-order valence-corrected chi connectivity index (χ4v) is 4.41. The summed E-state index contributed by atoms with van der Waals surface area (Å²) in [5.74, 6) is 3.01. The predicted molar refractivity (Wildman–Crippen MR) is 80.4 cm³/mol. The van der Waals surface area contributed by atoms with Crippen LogP contribution in [0.1, 0.15) is 46.0 Å². The van der Waals surface area contributed by atoms with Crippen LogP contribution < -0.4 is 5.73 Å². The number of rotatable bonds is 4. The van der Waals surface area contributed by atoms with Crippen molar-refractivity contribution in [2.45, 2.75) is 57.6 Å². The number of carbonyl (C=O) groups is 1. The van der Waals surface area contributed by atoms with Gasteiger partial charge in [-0.2, -0.15) is 11.8 Å². The van der Waals surface area contributed by atoms with Crippen molar-refractivity contribution < 1.29 is 9.53 Å². The molecule has 0 aromatic carbocycles. The lowest BCUT2D eigenvalue weighted by atomic mass is 9.77. The van der Waals surface area contributed by atoms with Crippen molar-refractivity contribution >= 4 is 17.5 Å². The van der Waals surface area contributed by atoms with E-state index in [2.05, 4.69) is 13.8 Å². The maximum atomic E-state index is 12.5. The van der Waals surface area contributed by atoms with Crippen molar-refractivity contribution in [3.63, 3.8) is 0 Å². The number of ketones is 1. The molecule has 0 aromatic rings. The van der Waals surface area contributed by atoms with E-state index < -0.39 is 0 Å². The molecule has 2 saturated heterocycles. The van der Waals surface area contributed by atoms with Crippen molar-refractivity contribution in [2.24, 2.45) is 17.6 Å². The van der Waals surface area contributed by atoms with E-state index in [0.29, 0.717) is 0 Å². The molecule has 0 saturated carbocycles. The first kappa shape index (κ1) is 15.3. The molecule has 0 bridgehead atoms. The fourth-order valence-electron chi connectivity index (χ4n) is 3.17. The molecule has 2 fully saturated rings. The monoisotopic (exact) mass is 285 g/mol. The van der Waals surface area contributed by atoms with Gasteiger partial charge in [-0.15, -0.1) is 0 Å². The third-order valence-electron chi connectivity index (χ3n) is 4.88. The van der Waals surface area contributed by atoms with Crippen LogP contribution in [0, 0.1) is 11.8 Å². The molecule has 3 unspecified atom stereocenters. The van der Waals surface area contributed by atoms with E-state index in [0.717, 1.165) is 38.7 Å². The van der Waals surface area contributed by atoms with E-state index in [9.17, 15) is 4.79 Å². The Bertz CT molecular complexity index is 310. The molecule has 110 valence electrons. The Hall–Kier alpha value is -0.0600. The fraction of sp³-hybridized carbons (Fsp3) is 0.933. The second-order valence-corrected chi connectivity index (χ2v) is 7.37. The normalized spacial score (nSPS) is 29.9. The van der Waals surface area contributed by atoms with Crippen molar-refractivity contribution in [3.8, 4) is 0 Å². The molecular formula is C15H27NO2S. The number of hydrogen-bond acceptors (Lipinski definition) is 4. The van der Waals surface area contributed by atoms with Crippen LogP contribution in [0.4, 0.5) is 0 Å². The highest BCUT2D eigenvalue weighted by Crippen LogP contribution is 2.40. The van der Waals surface area contributed by atoms with Crippen LogP contribution >= 0.6 is 11.8 Å². The Kier molecular flexibility index (Phi) is 5.32. The Morgan fingerprint density at radius 1 is 1.47 bits per heavy atom. The Morgan fingerprint density at radius 2 is 2.16 bits per heavy atom.